The Kier molecular flexibility index (Phi) is 7.83. The Hall–Kier alpha value is -1.81. The standard InChI is InChI=1S/C20H30N2O2/c1-3-4-5-6-13-22-14-11-18(12-15-22)20(23)21-16-17-7-9-19(24-2)10-8-17/h3,7-10,18H,1,4-6,11-16H2,2H3,(H,21,23). The number of ether oxygens (including phenoxy) is 1. The highest BCUT2D eigenvalue weighted by Gasteiger charge is 2.24. The molecule has 0 aliphatic carbocycles. The van der Waals surface area contributed by atoms with E-state index in [0.29, 0.717) is 6.54 Å². The average Bonchev–Trinajstić information content (AvgIpc) is 2.64. The fourth-order valence-electron chi connectivity index (χ4n) is 3.12. The van der Waals surface area contributed by atoms with Gasteiger partial charge < -0.3 is 15.0 Å². The molecule has 1 aromatic rings. The summed E-state index contributed by atoms with van der Waals surface area (Å²) in [5.74, 6) is 1.19. The van der Waals surface area contributed by atoms with Crippen molar-refractivity contribution in [1.29, 1.82) is 0 Å². The second-order valence-electron chi connectivity index (χ2n) is 6.47. The van der Waals surface area contributed by atoms with Gasteiger partial charge in [0.05, 0.1) is 7.11 Å². The molecule has 0 unspecified atom stereocenters. The molecule has 132 valence electrons. The van der Waals surface area contributed by atoms with Crippen LogP contribution >= 0.6 is 0 Å². The molecule has 1 fully saturated rings. The highest BCUT2D eigenvalue weighted by atomic mass is 16.5. The monoisotopic (exact) mass is 330 g/mol. The molecule has 0 atom stereocenters. The van der Waals surface area contributed by atoms with E-state index in [1.165, 1.54) is 12.8 Å². The van der Waals surface area contributed by atoms with Gasteiger partial charge in [0.25, 0.3) is 0 Å². The van der Waals surface area contributed by atoms with E-state index in [-0.39, 0.29) is 11.8 Å². The van der Waals surface area contributed by atoms with Crippen LogP contribution < -0.4 is 10.1 Å². The Morgan fingerprint density at radius 3 is 2.62 bits per heavy atom. The van der Waals surface area contributed by atoms with Gasteiger partial charge in [-0.2, -0.15) is 0 Å². The fraction of sp³-hybridized carbons (Fsp3) is 0.550. The first-order chi connectivity index (χ1) is 11.7. The topological polar surface area (TPSA) is 41.6 Å². The minimum Gasteiger partial charge on any atom is -0.497 e. The van der Waals surface area contributed by atoms with Crippen LogP contribution in [0.1, 0.15) is 37.7 Å². The van der Waals surface area contributed by atoms with Crippen LogP contribution in [0.15, 0.2) is 36.9 Å². The van der Waals surface area contributed by atoms with Crippen molar-refractivity contribution >= 4 is 5.91 Å². The minimum absolute atomic E-state index is 0.160. The van der Waals surface area contributed by atoms with Crippen molar-refractivity contribution in [2.24, 2.45) is 5.92 Å². The van der Waals surface area contributed by atoms with E-state index < -0.39 is 0 Å². The predicted octanol–water partition coefficient (Wildman–Crippen LogP) is 3.38. The molecular formula is C20H30N2O2. The number of rotatable bonds is 9. The number of allylic oxidation sites excluding steroid dienone is 1. The number of amides is 1. The van der Waals surface area contributed by atoms with E-state index in [0.717, 1.165) is 50.2 Å². The molecule has 2 rings (SSSR count). The first-order valence-electron chi connectivity index (χ1n) is 8.97. The number of carbonyl (C=O) groups excluding carboxylic acids is 1. The van der Waals surface area contributed by atoms with E-state index in [4.69, 9.17) is 4.74 Å². The molecule has 0 saturated carbocycles. The van der Waals surface area contributed by atoms with Gasteiger partial charge in [-0.1, -0.05) is 18.2 Å². The largest absolute Gasteiger partial charge is 0.497 e. The Bertz CT molecular complexity index is 505. The predicted molar refractivity (Wildman–Crippen MR) is 98.1 cm³/mol. The maximum atomic E-state index is 12.3. The molecule has 0 bridgehead atoms. The van der Waals surface area contributed by atoms with Crippen LogP contribution in [0.2, 0.25) is 0 Å². The van der Waals surface area contributed by atoms with E-state index in [9.17, 15) is 4.79 Å². The van der Waals surface area contributed by atoms with Crippen LogP contribution in [0.4, 0.5) is 0 Å². The highest BCUT2D eigenvalue weighted by Crippen LogP contribution is 2.18. The van der Waals surface area contributed by atoms with Gasteiger partial charge in [0.15, 0.2) is 0 Å². The molecule has 1 saturated heterocycles. The minimum atomic E-state index is 0.160. The lowest BCUT2D eigenvalue weighted by Crippen LogP contribution is -2.40. The van der Waals surface area contributed by atoms with Gasteiger partial charge in [0.1, 0.15) is 5.75 Å². The lowest BCUT2D eigenvalue weighted by molar-refractivity contribution is -0.126. The second-order valence-corrected chi connectivity index (χ2v) is 6.47. The third kappa shape index (κ3) is 6.00. The summed E-state index contributed by atoms with van der Waals surface area (Å²) >= 11 is 0. The van der Waals surface area contributed by atoms with Gasteiger partial charge in [-0.25, -0.2) is 0 Å². The second kappa shape index (κ2) is 10.1. The fourth-order valence-corrected chi connectivity index (χ4v) is 3.12. The molecule has 0 aromatic heterocycles. The van der Waals surface area contributed by atoms with Crippen LogP contribution in [0, 0.1) is 5.92 Å². The van der Waals surface area contributed by atoms with Gasteiger partial charge in [-0.15, -0.1) is 6.58 Å². The van der Waals surface area contributed by atoms with Gasteiger partial charge in [-0.3, -0.25) is 4.79 Å². The van der Waals surface area contributed by atoms with E-state index in [2.05, 4.69) is 16.8 Å². The van der Waals surface area contributed by atoms with E-state index >= 15 is 0 Å². The first-order valence-corrected chi connectivity index (χ1v) is 8.97. The lowest BCUT2D eigenvalue weighted by Gasteiger charge is -2.31. The molecule has 4 heteroatoms. The lowest BCUT2D eigenvalue weighted by atomic mass is 9.95. The Balaban J connectivity index is 1.65. The molecule has 1 amide bonds. The number of unbranched alkanes of at least 4 members (excludes halogenated alkanes) is 2. The number of likely N-dealkylation sites (tertiary alicyclic amines) is 1. The molecule has 0 spiro atoms. The average molecular weight is 330 g/mol. The zero-order chi connectivity index (χ0) is 17.2. The molecule has 4 nitrogen and oxygen atoms in total. The van der Waals surface area contributed by atoms with Gasteiger partial charge in [0.2, 0.25) is 5.91 Å². The summed E-state index contributed by atoms with van der Waals surface area (Å²) in [6.07, 6.45) is 7.46. The van der Waals surface area contributed by atoms with Crippen LogP contribution in [-0.4, -0.2) is 37.6 Å². The van der Waals surface area contributed by atoms with Gasteiger partial charge >= 0.3 is 0 Å². The molecule has 1 N–H and O–H groups in total. The summed E-state index contributed by atoms with van der Waals surface area (Å²) in [4.78, 5) is 14.8. The number of nitrogens with one attached hydrogen (secondary N) is 1. The summed E-state index contributed by atoms with van der Waals surface area (Å²) in [6, 6.07) is 7.83. The maximum absolute atomic E-state index is 12.3. The van der Waals surface area contributed by atoms with Crippen molar-refractivity contribution < 1.29 is 9.53 Å². The van der Waals surface area contributed by atoms with Gasteiger partial charge in [-0.05, 0) is 69.4 Å². The zero-order valence-electron chi connectivity index (χ0n) is 14.8. The van der Waals surface area contributed by atoms with E-state index in [1.54, 1.807) is 7.11 Å². The SMILES string of the molecule is C=CCCCCN1CCC(C(=O)NCc2ccc(OC)cc2)CC1. The number of hydrogen-bond acceptors (Lipinski definition) is 3. The van der Waals surface area contributed by atoms with E-state index in [1.807, 2.05) is 30.3 Å². The smallest absolute Gasteiger partial charge is 0.223 e. The maximum Gasteiger partial charge on any atom is 0.223 e. The molecule has 24 heavy (non-hydrogen) atoms. The molecule has 1 aliphatic heterocycles. The van der Waals surface area contributed by atoms with Crippen molar-refractivity contribution in [2.45, 2.75) is 38.6 Å². The van der Waals surface area contributed by atoms with Crippen LogP contribution in [-0.2, 0) is 11.3 Å². The van der Waals surface area contributed by atoms with Gasteiger partial charge in [0, 0.05) is 12.5 Å². The molecule has 1 aliphatic rings. The molecule has 0 radical (unpaired) electrons. The summed E-state index contributed by atoms with van der Waals surface area (Å²) in [7, 11) is 1.66. The highest BCUT2D eigenvalue weighted by molar-refractivity contribution is 5.78. The number of nitrogens with zero attached hydrogens (tertiary/aromatic N) is 1. The zero-order valence-corrected chi connectivity index (χ0v) is 14.8. The number of carbonyl (C=O) groups is 1. The Morgan fingerprint density at radius 2 is 2.00 bits per heavy atom. The third-order valence-corrected chi connectivity index (χ3v) is 4.72. The molecule has 1 heterocycles. The van der Waals surface area contributed by atoms with Crippen LogP contribution in [0.3, 0.4) is 0 Å². The summed E-state index contributed by atoms with van der Waals surface area (Å²) < 4.78 is 5.14. The number of methoxy groups -OCH3 is 1. The number of hydrogen-bond donors (Lipinski definition) is 1. The van der Waals surface area contributed by atoms with Crippen molar-refractivity contribution in [3.63, 3.8) is 0 Å². The normalized spacial score (nSPS) is 15.9. The summed E-state index contributed by atoms with van der Waals surface area (Å²) in [5, 5.41) is 3.07. The van der Waals surface area contributed by atoms with Crippen LogP contribution in [0.5, 0.6) is 5.75 Å². The van der Waals surface area contributed by atoms with Crippen molar-refractivity contribution in [3.8, 4) is 5.75 Å². The Labute approximate surface area is 145 Å². The third-order valence-electron chi connectivity index (χ3n) is 4.72. The van der Waals surface area contributed by atoms with Crippen molar-refractivity contribution in [1.82, 2.24) is 10.2 Å². The number of piperidine rings is 1. The first kappa shape index (κ1) is 18.5. The number of benzene rings is 1. The Morgan fingerprint density at radius 1 is 1.29 bits per heavy atom. The van der Waals surface area contributed by atoms with Crippen molar-refractivity contribution in [3.05, 3.63) is 42.5 Å². The summed E-state index contributed by atoms with van der Waals surface area (Å²) in [6.45, 7) is 7.57. The van der Waals surface area contributed by atoms with Crippen molar-refractivity contribution in [2.75, 3.05) is 26.7 Å². The molecule has 1 aromatic carbocycles. The molecular weight excluding hydrogens is 300 g/mol. The van der Waals surface area contributed by atoms with Crippen LogP contribution in [0.25, 0.3) is 0 Å². The summed E-state index contributed by atoms with van der Waals surface area (Å²) in [5.41, 5.74) is 1.10. The quantitative estimate of drug-likeness (QED) is 0.557.